The quantitative estimate of drug-likeness (QED) is 0.507. The highest BCUT2D eigenvalue weighted by Crippen LogP contribution is 2.23. The van der Waals surface area contributed by atoms with Gasteiger partial charge in [0.05, 0.1) is 30.1 Å². The first-order valence-corrected chi connectivity index (χ1v) is 8.32. The Labute approximate surface area is 150 Å². The number of aromatic amines is 1. The van der Waals surface area contributed by atoms with E-state index in [1.54, 1.807) is 12.3 Å². The fourth-order valence-electron chi connectivity index (χ4n) is 2.57. The van der Waals surface area contributed by atoms with Gasteiger partial charge in [0.2, 0.25) is 0 Å². The molecule has 0 radical (unpaired) electrons. The molecule has 134 valence electrons. The Morgan fingerprint density at radius 2 is 2.12 bits per heavy atom. The molecule has 1 unspecified atom stereocenters. The largest absolute Gasteiger partial charge is 0.385 e. The summed E-state index contributed by atoms with van der Waals surface area (Å²) in [7, 11) is 0. The second-order valence-electron chi connectivity index (χ2n) is 6.04. The number of pyridine rings is 1. The molecule has 0 saturated heterocycles. The Morgan fingerprint density at radius 3 is 2.81 bits per heavy atom. The van der Waals surface area contributed by atoms with Gasteiger partial charge in [0.25, 0.3) is 5.56 Å². The molecule has 26 heavy (non-hydrogen) atoms. The highest BCUT2D eigenvalue weighted by atomic mass is 16.3. The van der Waals surface area contributed by atoms with Crippen LogP contribution in [-0.2, 0) is 6.54 Å². The summed E-state index contributed by atoms with van der Waals surface area (Å²) in [4.78, 5) is 23.0. The predicted octanol–water partition coefficient (Wildman–Crippen LogP) is 2.51. The van der Waals surface area contributed by atoms with Crippen molar-refractivity contribution in [2.45, 2.75) is 26.0 Å². The first-order valence-electron chi connectivity index (χ1n) is 8.32. The van der Waals surface area contributed by atoms with Crippen molar-refractivity contribution in [1.29, 1.82) is 0 Å². The van der Waals surface area contributed by atoms with Gasteiger partial charge in [-0.1, -0.05) is 25.6 Å². The molecule has 2 heterocycles. The Hall–Kier alpha value is -3.19. The molecule has 0 aliphatic heterocycles. The van der Waals surface area contributed by atoms with Crippen LogP contribution in [0.15, 0.2) is 53.5 Å². The van der Waals surface area contributed by atoms with Gasteiger partial charge >= 0.3 is 0 Å². The minimum atomic E-state index is -0.653. The lowest BCUT2D eigenvalue weighted by Crippen LogP contribution is -2.13. The Balaban J connectivity index is 1.72. The van der Waals surface area contributed by atoms with Crippen LogP contribution in [0.4, 0.5) is 11.5 Å². The van der Waals surface area contributed by atoms with Crippen LogP contribution in [0.1, 0.15) is 30.7 Å². The van der Waals surface area contributed by atoms with Crippen LogP contribution < -0.4 is 16.6 Å². The number of benzene rings is 1. The lowest BCUT2D eigenvalue weighted by molar-refractivity contribution is 0.212. The molecule has 5 N–H and O–H groups in total. The van der Waals surface area contributed by atoms with Gasteiger partial charge in [0.1, 0.15) is 5.82 Å². The molecule has 0 fully saturated rings. The Bertz CT molecular complexity index is 995. The molecule has 0 amide bonds. The number of rotatable bonds is 6. The standard InChI is InChI=1S/C19H21N5O2/c1-3-11(2)18(25)12-4-6-13(7-5-12)21-9-14-10-22-15-8-16(20)24-19(26)17(15)23-14/h4-8,10,18,21,25H,2-3,9H2,1H3,(H3,20,24,26). The second kappa shape index (κ2) is 7.37. The molecule has 0 spiro atoms. The van der Waals surface area contributed by atoms with Gasteiger partial charge in [-0.2, -0.15) is 0 Å². The summed E-state index contributed by atoms with van der Waals surface area (Å²) in [6.07, 6.45) is 1.68. The van der Waals surface area contributed by atoms with Crippen molar-refractivity contribution in [2.75, 3.05) is 11.1 Å². The topological polar surface area (TPSA) is 117 Å². The maximum absolute atomic E-state index is 11.9. The van der Waals surface area contributed by atoms with Gasteiger partial charge in [0, 0.05) is 11.8 Å². The number of nitrogen functional groups attached to an aromatic ring is 1. The molecule has 0 aliphatic rings. The van der Waals surface area contributed by atoms with Gasteiger partial charge < -0.3 is 21.1 Å². The minimum absolute atomic E-state index is 0.259. The van der Waals surface area contributed by atoms with Crippen LogP contribution in [0.2, 0.25) is 0 Å². The molecule has 3 rings (SSSR count). The van der Waals surface area contributed by atoms with Crippen molar-refractivity contribution < 1.29 is 5.11 Å². The van der Waals surface area contributed by atoms with Crippen LogP contribution in [-0.4, -0.2) is 20.1 Å². The van der Waals surface area contributed by atoms with E-state index in [4.69, 9.17) is 5.73 Å². The Morgan fingerprint density at radius 1 is 1.38 bits per heavy atom. The third-order valence-corrected chi connectivity index (χ3v) is 4.16. The fourth-order valence-corrected chi connectivity index (χ4v) is 2.57. The van der Waals surface area contributed by atoms with E-state index in [0.717, 1.165) is 23.2 Å². The number of anilines is 2. The van der Waals surface area contributed by atoms with Crippen molar-refractivity contribution in [3.63, 3.8) is 0 Å². The van der Waals surface area contributed by atoms with Gasteiger partial charge in [-0.25, -0.2) is 4.98 Å². The maximum atomic E-state index is 11.9. The summed E-state index contributed by atoms with van der Waals surface area (Å²) in [5.74, 6) is 0.260. The summed E-state index contributed by atoms with van der Waals surface area (Å²) in [5, 5.41) is 13.4. The van der Waals surface area contributed by atoms with Crippen molar-refractivity contribution in [1.82, 2.24) is 15.0 Å². The van der Waals surface area contributed by atoms with E-state index in [-0.39, 0.29) is 16.9 Å². The van der Waals surface area contributed by atoms with Crippen LogP contribution >= 0.6 is 0 Å². The average molecular weight is 351 g/mol. The van der Waals surface area contributed by atoms with Crippen LogP contribution in [0.3, 0.4) is 0 Å². The SMILES string of the molecule is C=C(CC)C(O)c1ccc(NCc2cnc3cc(N)[nH]c(=O)c3n2)cc1. The zero-order valence-corrected chi connectivity index (χ0v) is 14.5. The molecular formula is C19H21N5O2. The van der Waals surface area contributed by atoms with E-state index in [0.29, 0.717) is 17.8 Å². The maximum Gasteiger partial charge on any atom is 0.277 e. The molecule has 0 saturated carbocycles. The van der Waals surface area contributed by atoms with Gasteiger partial charge in [-0.05, 0) is 29.7 Å². The molecule has 2 aromatic heterocycles. The lowest BCUT2D eigenvalue weighted by atomic mass is 10.0. The summed E-state index contributed by atoms with van der Waals surface area (Å²) in [6, 6.07) is 9.04. The smallest absolute Gasteiger partial charge is 0.277 e. The van der Waals surface area contributed by atoms with Crippen molar-refractivity contribution in [3.8, 4) is 0 Å². The molecule has 1 aromatic carbocycles. The predicted molar refractivity (Wildman–Crippen MR) is 103 cm³/mol. The molecular weight excluding hydrogens is 330 g/mol. The van der Waals surface area contributed by atoms with E-state index in [1.807, 2.05) is 31.2 Å². The highest BCUT2D eigenvalue weighted by molar-refractivity contribution is 5.75. The van der Waals surface area contributed by atoms with E-state index in [9.17, 15) is 9.90 Å². The number of hydrogen-bond donors (Lipinski definition) is 4. The molecule has 0 aliphatic carbocycles. The van der Waals surface area contributed by atoms with Crippen molar-refractivity contribution in [3.05, 3.63) is 70.3 Å². The Kier molecular flexibility index (Phi) is 4.99. The van der Waals surface area contributed by atoms with Gasteiger partial charge in [-0.15, -0.1) is 0 Å². The van der Waals surface area contributed by atoms with E-state index in [1.165, 1.54) is 0 Å². The number of nitrogens with zero attached hydrogens (tertiary/aromatic N) is 2. The van der Waals surface area contributed by atoms with Crippen molar-refractivity contribution >= 4 is 22.5 Å². The highest BCUT2D eigenvalue weighted by Gasteiger charge is 2.10. The zero-order chi connectivity index (χ0) is 18.7. The van der Waals surface area contributed by atoms with Gasteiger partial charge in [-0.3, -0.25) is 9.78 Å². The monoisotopic (exact) mass is 351 g/mol. The number of fused-ring (bicyclic) bond motifs is 1. The van der Waals surface area contributed by atoms with Crippen molar-refractivity contribution in [2.24, 2.45) is 0 Å². The van der Waals surface area contributed by atoms with E-state index >= 15 is 0 Å². The normalized spacial score (nSPS) is 12.1. The number of H-pyrrole nitrogens is 1. The molecule has 1 atom stereocenters. The summed E-state index contributed by atoms with van der Waals surface area (Å²) in [6.45, 7) is 6.25. The van der Waals surface area contributed by atoms with E-state index in [2.05, 4.69) is 26.8 Å². The number of aromatic nitrogens is 3. The first-order chi connectivity index (χ1) is 12.5. The number of hydrogen-bond acceptors (Lipinski definition) is 6. The average Bonchev–Trinajstić information content (AvgIpc) is 2.65. The fraction of sp³-hybridized carbons (Fsp3) is 0.211. The number of aliphatic hydroxyl groups excluding tert-OH is 1. The van der Waals surface area contributed by atoms with Crippen LogP contribution in [0, 0.1) is 0 Å². The number of aliphatic hydroxyl groups is 1. The first kappa shape index (κ1) is 17.6. The summed E-state index contributed by atoms with van der Waals surface area (Å²) in [5.41, 5.74) is 9.05. The molecule has 0 bridgehead atoms. The molecule has 7 nitrogen and oxygen atoms in total. The van der Waals surface area contributed by atoms with Gasteiger partial charge in [0.15, 0.2) is 5.52 Å². The van der Waals surface area contributed by atoms with Crippen LogP contribution in [0.25, 0.3) is 11.0 Å². The zero-order valence-electron chi connectivity index (χ0n) is 14.5. The molecule has 7 heteroatoms. The number of nitrogens with one attached hydrogen (secondary N) is 2. The molecule has 3 aromatic rings. The third kappa shape index (κ3) is 3.73. The summed E-state index contributed by atoms with van der Waals surface area (Å²) < 4.78 is 0. The minimum Gasteiger partial charge on any atom is -0.385 e. The lowest BCUT2D eigenvalue weighted by Gasteiger charge is -2.13. The number of nitrogens with two attached hydrogens (primary N) is 1. The van der Waals surface area contributed by atoms with Crippen LogP contribution in [0.5, 0.6) is 0 Å². The van der Waals surface area contributed by atoms with E-state index < -0.39 is 6.10 Å². The summed E-state index contributed by atoms with van der Waals surface area (Å²) >= 11 is 0. The third-order valence-electron chi connectivity index (χ3n) is 4.16. The second-order valence-corrected chi connectivity index (χ2v) is 6.04.